The number of fused-ring (bicyclic) bond motifs is 1. The van der Waals surface area contributed by atoms with E-state index in [1.807, 2.05) is 0 Å². The fourth-order valence-electron chi connectivity index (χ4n) is 2.84. The lowest BCUT2D eigenvalue weighted by molar-refractivity contribution is 0.255. The maximum Gasteiger partial charge on any atom is 0.0345 e. The Hall–Kier alpha value is 0.930. The second-order valence-electron chi connectivity index (χ2n) is 4.13. The molecule has 4 unspecified atom stereocenters. The number of halogens is 2. The Kier molecular flexibility index (Phi) is 3.72. The van der Waals surface area contributed by atoms with Crippen molar-refractivity contribution >= 4 is 35.0 Å². The highest BCUT2D eigenvalue weighted by Crippen LogP contribution is 2.50. The lowest BCUT2D eigenvalue weighted by Crippen LogP contribution is -2.26. The number of hydrogen-bond donors (Lipinski definition) is 0. The molecule has 0 N–H and O–H groups in total. The Bertz CT molecular complexity index is 156. The van der Waals surface area contributed by atoms with Gasteiger partial charge in [-0.25, -0.2) is 0 Å². The third-order valence-corrected chi connectivity index (χ3v) is 6.25. The molecule has 13 heavy (non-hydrogen) atoms. The molecule has 0 aromatic carbocycles. The van der Waals surface area contributed by atoms with Gasteiger partial charge in [0.05, 0.1) is 0 Å². The van der Waals surface area contributed by atoms with Crippen LogP contribution in [0.3, 0.4) is 0 Å². The van der Waals surface area contributed by atoms with Crippen molar-refractivity contribution in [3.05, 3.63) is 0 Å². The summed E-state index contributed by atoms with van der Waals surface area (Å²) in [6.07, 6.45) is 5.60. The van der Waals surface area contributed by atoms with Crippen molar-refractivity contribution in [2.45, 2.75) is 36.2 Å². The molecule has 0 aromatic rings. The van der Waals surface area contributed by atoms with Crippen LogP contribution in [0, 0.1) is 11.8 Å². The van der Waals surface area contributed by atoms with Crippen molar-refractivity contribution in [2.75, 3.05) is 11.8 Å². The molecule has 76 valence electrons. The summed E-state index contributed by atoms with van der Waals surface area (Å²) in [6.45, 7) is 0. The topological polar surface area (TPSA) is 0 Å². The predicted molar refractivity (Wildman–Crippen MR) is 62.1 cm³/mol. The lowest BCUT2D eigenvalue weighted by atomic mass is 9.76. The van der Waals surface area contributed by atoms with Crippen LogP contribution in [0.4, 0.5) is 0 Å². The van der Waals surface area contributed by atoms with Crippen LogP contribution in [0.2, 0.25) is 0 Å². The quantitative estimate of drug-likeness (QED) is 0.661. The molecule has 4 atom stereocenters. The predicted octanol–water partition coefficient (Wildman–Crippen LogP) is 3.75. The van der Waals surface area contributed by atoms with Crippen LogP contribution >= 0.6 is 35.0 Å². The van der Waals surface area contributed by atoms with Crippen LogP contribution in [0.25, 0.3) is 0 Å². The molecule has 1 heterocycles. The normalized spacial score (nSPS) is 44.8. The molecule has 0 amide bonds. The Morgan fingerprint density at radius 1 is 0.923 bits per heavy atom. The van der Waals surface area contributed by atoms with E-state index in [1.54, 1.807) is 0 Å². The van der Waals surface area contributed by atoms with Gasteiger partial charge in [0.15, 0.2) is 0 Å². The van der Waals surface area contributed by atoms with E-state index in [0.717, 1.165) is 23.6 Å². The molecule has 3 heteroatoms. The van der Waals surface area contributed by atoms with Gasteiger partial charge in [-0.05, 0) is 24.7 Å². The zero-order valence-corrected chi connectivity index (χ0v) is 10.0. The Balaban J connectivity index is 2.05. The Morgan fingerprint density at radius 2 is 1.38 bits per heavy atom. The highest BCUT2D eigenvalue weighted by atomic mass is 35.5. The summed E-state index contributed by atoms with van der Waals surface area (Å²) in [5.41, 5.74) is 0. The van der Waals surface area contributed by atoms with E-state index in [0.29, 0.717) is 10.5 Å². The first-order valence-electron chi connectivity index (χ1n) is 5.14. The largest absolute Gasteiger partial charge is 0.152 e. The van der Waals surface area contributed by atoms with Gasteiger partial charge in [0.2, 0.25) is 0 Å². The third kappa shape index (κ3) is 1.98. The van der Waals surface area contributed by atoms with E-state index in [-0.39, 0.29) is 0 Å². The molecule has 1 saturated heterocycles. The van der Waals surface area contributed by atoms with Crippen LogP contribution in [0.15, 0.2) is 0 Å². The van der Waals surface area contributed by atoms with Crippen molar-refractivity contribution in [3.8, 4) is 0 Å². The lowest BCUT2D eigenvalue weighted by Gasteiger charge is -2.29. The summed E-state index contributed by atoms with van der Waals surface area (Å²) in [4.78, 5) is 0. The number of alkyl halides is 2. The molecule has 2 fully saturated rings. The molecule has 1 saturated carbocycles. The van der Waals surface area contributed by atoms with Gasteiger partial charge in [0.25, 0.3) is 0 Å². The van der Waals surface area contributed by atoms with E-state index < -0.39 is 0 Å². The van der Waals surface area contributed by atoms with Crippen LogP contribution in [0.1, 0.15) is 25.7 Å². The second kappa shape index (κ2) is 4.63. The molecular formula is C10H16Cl2S. The van der Waals surface area contributed by atoms with Gasteiger partial charge in [0, 0.05) is 22.3 Å². The van der Waals surface area contributed by atoms with Crippen LogP contribution in [-0.4, -0.2) is 22.3 Å². The SMILES string of the molecule is ClCC1SC(CCl)C2CCCCC12. The summed E-state index contributed by atoms with van der Waals surface area (Å²) in [6, 6.07) is 0. The number of thioether (sulfide) groups is 1. The van der Waals surface area contributed by atoms with Gasteiger partial charge in [-0.1, -0.05) is 12.8 Å². The van der Waals surface area contributed by atoms with E-state index in [9.17, 15) is 0 Å². The zero-order valence-electron chi connectivity index (χ0n) is 7.72. The molecule has 1 aliphatic carbocycles. The van der Waals surface area contributed by atoms with Crippen molar-refractivity contribution in [2.24, 2.45) is 11.8 Å². The summed E-state index contributed by atoms with van der Waals surface area (Å²) < 4.78 is 0. The molecule has 0 nitrogen and oxygen atoms in total. The highest BCUT2D eigenvalue weighted by Gasteiger charge is 2.43. The van der Waals surface area contributed by atoms with Gasteiger partial charge in [-0.2, -0.15) is 11.8 Å². The summed E-state index contributed by atoms with van der Waals surface area (Å²) in [5, 5.41) is 1.38. The van der Waals surface area contributed by atoms with Crippen molar-refractivity contribution in [3.63, 3.8) is 0 Å². The second-order valence-corrected chi connectivity index (χ2v) is 6.23. The molecule has 0 aromatic heterocycles. The van der Waals surface area contributed by atoms with Gasteiger partial charge >= 0.3 is 0 Å². The van der Waals surface area contributed by atoms with Crippen molar-refractivity contribution in [1.29, 1.82) is 0 Å². The van der Waals surface area contributed by atoms with Gasteiger partial charge in [-0.15, -0.1) is 23.2 Å². The summed E-state index contributed by atoms with van der Waals surface area (Å²) in [5.74, 6) is 3.39. The highest BCUT2D eigenvalue weighted by molar-refractivity contribution is 8.01. The molecule has 0 spiro atoms. The minimum Gasteiger partial charge on any atom is -0.152 e. The minimum atomic E-state index is 0.690. The monoisotopic (exact) mass is 238 g/mol. The van der Waals surface area contributed by atoms with Gasteiger partial charge in [-0.3, -0.25) is 0 Å². The standard InChI is InChI=1S/C10H16Cl2S/c11-5-9-7-3-1-2-4-8(7)10(6-12)13-9/h7-10H,1-6H2. The van der Waals surface area contributed by atoms with E-state index in [1.165, 1.54) is 25.7 Å². The minimum absolute atomic E-state index is 0.690. The number of rotatable bonds is 2. The first kappa shape index (κ1) is 10.4. The maximum atomic E-state index is 5.99. The van der Waals surface area contributed by atoms with Gasteiger partial charge in [0.1, 0.15) is 0 Å². The smallest absolute Gasteiger partial charge is 0.0345 e. The van der Waals surface area contributed by atoms with E-state index >= 15 is 0 Å². The summed E-state index contributed by atoms with van der Waals surface area (Å²) in [7, 11) is 0. The van der Waals surface area contributed by atoms with Crippen LogP contribution in [-0.2, 0) is 0 Å². The molecule has 0 radical (unpaired) electrons. The fourth-order valence-corrected chi connectivity index (χ4v) is 5.41. The third-order valence-electron chi connectivity index (χ3n) is 3.48. The Labute approximate surface area is 94.7 Å². The van der Waals surface area contributed by atoms with Crippen molar-refractivity contribution < 1.29 is 0 Å². The molecular weight excluding hydrogens is 223 g/mol. The fraction of sp³-hybridized carbons (Fsp3) is 1.00. The molecule has 2 rings (SSSR count). The summed E-state index contributed by atoms with van der Waals surface area (Å²) >= 11 is 14.0. The first-order chi connectivity index (χ1) is 6.36. The maximum absolute atomic E-state index is 5.99. The van der Waals surface area contributed by atoms with E-state index in [4.69, 9.17) is 23.2 Å². The zero-order chi connectivity index (χ0) is 9.26. The molecule has 0 bridgehead atoms. The number of hydrogen-bond acceptors (Lipinski definition) is 1. The average Bonchev–Trinajstić information content (AvgIpc) is 2.56. The Morgan fingerprint density at radius 3 is 1.77 bits per heavy atom. The van der Waals surface area contributed by atoms with Crippen molar-refractivity contribution in [1.82, 2.24) is 0 Å². The van der Waals surface area contributed by atoms with E-state index in [2.05, 4.69) is 11.8 Å². The molecule has 1 aliphatic heterocycles. The van der Waals surface area contributed by atoms with Gasteiger partial charge < -0.3 is 0 Å². The molecule has 2 aliphatic rings. The van der Waals surface area contributed by atoms with Crippen LogP contribution in [0.5, 0.6) is 0 Å². The van der Waals surface area contributed by atoms with Crippen LogP contribution < -0.4 is 0 Å². The average molecular weight is 239 g/mol. The first-order valence-corrected chi connectivity index (χ1v) is 7.15.